The van der Waals surface area contributed by atoms with E-state index in [1.807, 2.05) is 17.8 Å². The van der Waals surface area contributed by atoms with Crippen molar-refractivity contribution in [2.24, 2.45) is 0 Å². The molecule has 1 atom stereocenters. The molecular weight excluding hydrogens is 471 g/mol. The van der Waals surface area contributed by atoms with Gasteiger partial charge in [-0.1, -0.05) is 0 Å². The topological polar surface area (TPSA) is 78.6 Å². The molecule has 182 valence electrons. The summed E-state index contributed by atoms with van der Waals surface area (Å²) < 4.78 is 34.5. The fourth-order valence-corrected chi connectivity index (χ4v) is 4.29. The van der Waals surface area contributed by atoms with Crippen LogP contribution in [0, 0.1) is 25.5 Å². The molecule has 6 rings (SSSR count). The fraction of sp³-hybridized carbons (Fsp3) is 0.400. The van der Waals surface area contributed by atoms with Crippen LogP contribution >= 0.6 is 0 Å². The molecule has 0 N–H and O–H groups in total. The van der Waals surface area contributed by atoms with Crippen molar-refractivity contribution in [2.75, 3.05) is 0 Å². The van der Waals surface area contributed by atoms with Crippen LogP contribution in [0.15, 0.2) is 36.9 Å². The van der Waals surface area contributed by atoms with Crippen LogP contribution in [0.25, 0.3) is 22.4 Å². The molecule has 2 aliphatic rings. The van der Waals surface area contributed by atoms with E-state index in [-0.39, 0.29) is 5.56 Å². The van der Waals surface area contributed by atoms with Crippen molar-refractivity contribution >= 4 is 34.7 Å². The third-order valence-corrected chi connectivity index (χ3v) is 6.56. The van der Waals surface area contributed by atoms with Gasteiger partial charge in [-0.25, -0.2) is 28.7 Å². The maximum absolute atomic E-state index is 13.9. The maximum atomic E-state index is 13.9. The van der Waals surface area contributed by atoms with Gasteiger partial charge < -0.3 is 4.74 Å². The Morgan fingerprint density at radius 2 is 1.78 bits per heavy atom. The Kier molecular flexibility index (Phi) is 6.64. The van der Waals surface area contributed by atoms with E-state index in [1.54, 1.807) is 13.1 Å². The van der Waals surface area contributed by atoms with Crippen molar-refractivity contribution in [3.05, 3.63) is 65.5 Å². The standard InChI is InChI=1S/C14H10F2N4.C11H13B3N2O/c1-7-8(2)20-14-13(19-7)12(17-6-18-14)10-4-3-9(15)5-11(10)16;12-10(4-1-5-11(13,14)17-10)8-6-15-16(7-8)9-2-3-9/h3-6H,1-2H3;6-7,9H,1-5H2. The molecule has 0 bridgehead atoms. The third kappa shape index (κ3) is 5.44. The minimum absolute atomic E-state index is 0.177. The van der Waals surface area contributed by atoms with Gasteiger partial charge in [0.2, 0.25) is 0 Å². The van der Waals surface area contributed by atoms with Gasteiger partial charge in [-0.15, -0.1) is 0 Å². The van der Waals surface area contributed by atoms with Crippen molar-refractivity contribution in [3.8, 4) is 11.3 Å². The fourth-order valence-electron chi connectivity index (χ4n) is 4.29. The first-order valence-electron chi connectivity index (χ1n) is 12.1. The molecule has 4 heterocycles. The molecule has 1 aliphatic heterocycles. The molecule has 1 unspecified atom stereocenters. The lowest BCUT2D eigenvalue weighted by Gasteiger charge is -2.44. The molecule has 1 saturated heterocycles. The molecule has 12 heteroatoms. The summed E-state index contributed by atoms with van der Waals surface area (Å²) in [6.07, 6.45) is 9.61. The van der Waals surface area contributed by atoms with E-state index in [1.165, 1.54) is 31.3 Å². The summed E-state index contributed by atoms with van der Waals surface area (Å²) >= 11 is 0. The minimum Gasteiger partial charge on any atom is -0.393 e. The van der Waals surface area contributed by atoms with Crippen LogP contribution < -0.4 is 0 Å². The van der Waals surface area contributed by atoms with E-state index in [9.17, 15) is 8.78 Å². The highest BCUT2D eigenvalue weighted by Gasteiger charge is 2.38. The molecule has 0 spiro atoms. The number of hydrogen-bond donors (Lipinski definition) is 0. The highest BCUT2D eigenvalue weighted by atomic mass is 19.1. The van der Waals surface area contributed by atoms with E-state index >= 15 is 0 Å². The maximum Gasteiger partial charge on any atom is 0.182 e. The Bertz CT molecular complexity index is 1460. The molecule has 3 aromatic heterocycles. The molecule has 1 aliphatic carbocycles. The Balaban J connectivity index is 0.000000153. The van der Waals surface area contributed by atoms with E-state index < -0.39 is 22.5 Å². The summed E-state index contributed by atoms with van der Waals surface area (Å²) in [4.78, 5) is 16.8. The number of hydrogen-bond acceptors (Lipinski definition) is 6. The number of nitrogens with zero attached hydrogens (tertiary/aromatic N) is 6. The molecule has 4 aromatic rings. The molecule has 6 radical (unpaired) electrons. The Labute approximate surface area is 217 Å². The normalized spacial score (nSPS) is 20.9. The van der Waals surface area contributed by atoms with Gasteiger partial charge in [-0.3, -0.25) is 4.68 Å². The van der Waals surface area contributed by atoms with Crippen LogP contribution in [-0.4, -0.2) is 58.7 Å². The van der Waals surface area contributed by atoms with E-state index in [0.29, 0.717) is 29.3 Å². The number of benzene rings is 1. The molecule has 37 heavy (non-hydrogen) atoms. The summed E-state index contributed by atoms with van der Waals surface area (Å²) in [6, 6.07) is 3.87. The van der Waals surface area contributed by atoms with E-state index in [2.05, 4.69) is 25.0 Å². The van der Waals surface area contributed by atoms with E-state index in [4.69, 9.17) is 28.3 Å². The number of halogens is 2. The summed E-state index contributed by atoms with van der Waals surface area (Å²) in [5.74, 6) is -1.33. The number of fused-ring (bicyclic) bond motifs is 1. The highest BCUT2D eigenvalue weighted by molar-refractivity contribution is 6.39. The lowest BCUT2D eigenvalue weighted by atomic mass is 9.57. The van der Waals surface area contributed by atoms with Crippen LogP contribution in [-0.2, 0) is 10.2 Å². The zero-order valence-corrected chi connectivity index (χ0v) is 20.7. The number of rotatable bonds is 3. The summed E-state index contributed by atoms with van der Waals surface area (Å²) in [7, 11) is 17.9. The molecule has 2 fully saturated rings. The van der Waals surface area contributed by atoms with Gasteiger partial charge in [-0.05, 0) is 63.5 Å². The van der Waals surface area contributed by atoms with Gasteiger partial charge in [0, 0.05) is 23.4 Å². The molecule has 1 saturated carbocycles. The SMILES string of the molecule is Cc1nc2ncnc(-c3ccc(F)cc3F)c2nc1C.[B]C1([B])CCCC([B])(c2cnn(C3CC3)c2)O1. The van der Waals surface area contributed by atoms with Crippen LogP contribution in [0.5, 0.6) is 0 Å². The predicted molar refractivity (Wildman–Crippen MR) is 137 cm³/mol. The Morgan fingerprint density at radius 1 is 1.03 bits per heavy atom. The van der Waals surface area contributed by atoms with Crippen molar-refractivity contribution in [1.82, 2.24) is 29.7 Å². The zero-order chi connectivity index (χ0) is 26.4. The van der Waals surface area contributed by atoms with Gasteiger partial charge in [-0.2, -0.15) is 5.10 Å². The smallest absolute Gasteiger partial charge is 0.182 e. The quantitative estimate of drug-likeness (QED) is 0.405. The highest BCUT2D eigenvalue weighted by Crippen LogP contribution is 2.39. The Hall–Kier alpha value is -3.14. The van der Waals surface area contributed by atoms with Crippen molar-refractivity contribution in [1.29, 1.82) is 0 Å². The lowest BCUT2D eigenvalue weighted by Crippen LogP contribution is -2.48. The van der Waals surface area contributed by atoms with Crippen molar-refractivity contribution < 1.29 is 13.5 Å². The molecule has 7 nitrogen and oxygen atoms in total. The van der Waals surface area contributed by atoms with Gasteiger partial charge in [0.05, 0.1) is 44.8 Å². The summed E-state index contributed by atoms with van der Waals surface area (Å²) in [5.41, 5.74) is 2.72. The monoisotopic (exact) mass is 494 g/mol. The van der Waals surface area contributed by atoms with Crippen LogP contribution in [0.1, 0.15) is 55.1 Å². The summed E-state index contributed by atoms with van der Waals surface area (Å²) in [5, 5.41) is 3.19. The second kappa shape index (κ2) is 9.63. The van der Waals surface area contributed by atoms with Crippen LogP contribution in [0.2, 0.25) is 0 Å². The Morgan fingerprint density at radius 3 is 2.49 bits per heavy atom. The number of aromatic nitrogens is 6. The van der Waals surface area contributed by atoms with Crippen LogP contribution in [0.3, 0.4) is 0 Å². The predicted octanol–water partition coefficient (Wildman–Crippen LogP) is 3.71. The molecular formula is C25H23B3F2N6O. The zero-order valence-electron chi connectivity index (χ0n) is 20.7. The number of ether oxygens (including phenoxy) is 1. The summed E-state index contributed by atoms with van der Waals surface area (Å²) in [6.45, 7) is 3.63. The van der Waals surface area contributed by atoms with Gasteiger partial charge in [0.25, 0.3) is 0 Å². The first kappa shape index (κ1) is 25.5. The van der Waals surface area contributed by atoms with Crippen molar-refractivity contribution in [3.63, 3.8) is 0 Å². The first-order chi connectivity index (χ1) is 17.5. The third-order valence-electron chi connectivity index (χ3n) is 6.56. The largest absolute Gasteiger partial charge is 0.393 e. The van der Waals surface area contributed by atoms with Crippen molar-refractivity contribution in [2.45, 2.75) is 62.9 Å². The van der Waals surface area contributed by atoms with E-state index in [0.717, 1.165) is 35.9 Å². The van der Waals surface area contributed by atoms with Gasteiger partial charge in [0.15, 0.2) is 5.65 Å². The molecule has 0 amide bonds. The molecule has 1 aromatic carbocycles. The first-order valence-corrected chi connectivity index (χ1v) is 12.1. The lowest BCUT2D eigenvalue weighted by molar-refractivity contribution is -0.0663. The average Bonchev–Trinajstić information content (AvgIpc) is 3.55. The average molecular weight is 494 g/mol. The number of aryl methyl sites for hydroxylation is 2. The van der Waals surface area contributed by atoms with Gasteiger partial charge in [0.1, 0.15) is 37.0 Å². The second-order valence-electron chi connectivity index (χ2n) is 9.65. The van der Waals surface area contributed by atoms with Gasteiger partial charge >= 0.3 is 0 Å². The minimum atomic E-state index is -1.13. The van der Waals surface area contributed by atoms with Crippen LogP contribution in [0.4, 0.5) is 8.78 Å². The second-order valence-corrected chi connectivity index (χ2v) is 9.65.